The van der Waals surface area contributed by atoms with Crippen molar-refractivity contribution in [3.63, 3.8) is 0 Å². The van der Waals surface area contributed by atoms with E-state index in [4.69, 9.17) is 4.74 Å². The predicted molar refractivity (Wildman–Crippen MR) is 82.1 cm³/mol. The van der Waals surface area contributed by atoms with Crippen LogP contribution in [0.4, 0.5) is 0 Å². The van der Waals surface area contributed by atoms with Crippen LogP contribution in [0.2, 0.25) is 0 Å². The van der Waals surface area contributed by atoms with E-state index in [9.17, 15) is 9.90 Å². The average Bonchev–Trinajstić information content (AvgIpc) is 2.49. The number of ether oxygens (including phenoxy) is 1. The molecule has 0 radical (unpaired) electrons. The van der Waals surface area contributed by atoms with E-state index < -0.39 is 11.9 Å². The van der Waals surface area contributed by atoms with E-state index in [1.54, 1.807) is 0 Å². The van der Waals surface area contributed by atoms with Gasteiger partial charge in [0.2, 0.25) is 0 Å². The second kappa shape index (κ2) is 7.60. The van der Waals surface area contributed by atoms with Crippen molar-refractivity contribution in [2.24, 2.45) is 5.92 Å². The zero-order valence-electron chi connectivity index (χ0n) is 12.2. The molecular weight excluding hydrogens is 264 g/mol. The standard InChI is InChI=1S/C18H20O3/c1-14-7-9-15(10-8-14)11-17(18(19)20)13-21-12-16-5-3-2-4-6-16/h2-10,17H,11-13H2,1H3,(H,19,20). The highest BCUT2D eigenvalue weighted by atomic mass is 16.5. The van der Waals surface area contributed by atoms with Crippen LogP contribution in [0, 0.1) is 12.8 Å². The van der Waals surface area contributed by atoms with E-state index in [2.05, 4.69) is 0 Å². The molecule has 2 rings (SSSR count). The lowest BCUT2D eigenvalue weighted by molar-refractivity contribution is -0.144. The van der Waals surface area contributed by atoms with Crippen LogP contribution in [0.25, 0.3) is 0 Å². The van der Waals surface area contributed by atoms with Gasteiger partial charge in [0.1, 0.15) is 0 Å². The molecule has 0 aliphatic heterocycles. The summed E-state index contributed by atoms with van der Waals surface area (Å²) in [7, 11) is 0. The van der Waals surface area contributed by atoms with Crippen LogP contribution in [0.15, 0.2) is 54.6 Å². The Bertz CT molecular complexity index is 561. The number of aliphatic carboxylic acids is 1. The first-order valence-corrected chi connectivity index (χ1v) is 7.05. The number of hydrogen-bond donors (Lipinski definition) is 1. The van der Waals surface area contributed by atoms with Crippen LogP contribution in [0.1, 0.15) is 16.7 Å². The Morgan fingerprint density at radius 2 is 1.71 bits per heavy atom. The first kappa shape index (κ1) is 15.3. The summed E-state index contributed by atoms with van der Waals surface area (Å²) >= 11 is 0. The monoisotopic (exact) mass is 284 g/mol. The molecule has 3 heteroatoms. The maximum absolute atomic E-state index is 11.3. The summed E-state index contributed by atoms with van der Waals surface area (Å²) in [6.07, 6.45) is 0.490. The number of carboxylic acid groups (broad SMARTS) is 1. The molecule has 3 nitrogen and oxygen atoms in total. The van der Waals surface area contributed by atoms with Crippen LogP contribution in [0.5, 0.6) is 0 Å². The summed E-state index contributed by atoms with van der Waals surface area (Å²) in [4.78, 5) is 11.3. The molecule has 0 saturated carbocycles. The lowest BCUT2D eigenvalue weighted by Gasteiger charge is -2.13. The minimum atomic E-state index is -0.816. The summed E-state index contributed by atoms with van der Waals surface area (Å²) in [5, 5.41) is 9.31. The second-order valence-corrected chi connectivity index (χ2v) is 5.23. The molecule has 2 aromatic carbocycles. The van der Waals surface area contributed by atoms with Crippen molar-refractivity contribution < 1.29 is 14.6 Å². The maximum Gasteiger partial charge on any atom is 0.309 e. The van der Waals surface area contributed by atoms with Gasteiger partial charge < -0.3 is 9.84 Å². The Kier molecular flexibility index (Phi) is 5.52. The van der Waals surface area contributed by atoms with Crippen molar-refractivity contribution in [3.05, 3.63) is 71.3 Å². The molecule has 110 valence electrons. The SMILES string of the molecule is Cc1ccc(CC(COCc2ccccc2)C(=O)O)cc1. The van der Waals surface area contributed by atoms with Gasteiger partial charge in [-0.2, -0.15) is 0 Å². The maximum atomic E-state index is 11.3. The molecule has 0 fully saturated rings. The number of rotatable bonds is 7. The third-order valence-corrected chi connectivity index (χ3v) is 3.38. The fourth-order valence-corrected chi connectivity index (χ4v) is 2.12. The summed E-state index contributed by atoms with van der Waals surface area (Å²) < 4.78 is 5.56. The minimum Gasteiger partial charge on any atom is -0.481 e. The first-order chi connectivity index (χ1) is 10.1. The lowest BCUT2D eigenvalue weighted by Crippen LogP contribution is -2.22. The smallest absolute Gasteiger partial charge is 0.309 e. The normalized spacial score (nSPS) is 12.0. The third-order valence-electron chi connectivity index (χ3n) is 3.38. The number of carboxylic acids is 1. The van der Waals surface area contributed by atoms with Gasteiger partial charge in [0.25, 0.3) is 0 Å². The van der Waals surface area contributed by atoms with Crippen LogP contribution < -0.4 is 0 Å². The predicted octanol–water partition coefficient (Wildman–Crippen LogP) is 3.46. The molecule has 0 saturated heterocycles. The van der Waals surface area contributed by atoms with Gasteiger partial charge >= 0.3 is 5.97 Å². The fraction of sp³-hybridized carbons (Fsp3) is 0.278. The second-order valence-electron chi connectivity index (χ2n) is 5.23. The van der Waals surface area contributed by atoms with Gasteiger partial charge in [-0.05, 0) is 24.5 Å². The molecule has 0 aromatic heterocycles. The van der Waals surface area contributed by atoms with Crippen LogP contribution in [-0.4, -0.2) is 17.7 Å². The first-order valence-electron chi connectivity index (χ1n) is 7.05. The molecule has 2 aromatic rings. The quantitative estimate of drug-likeness (QED) is 0.847. The van der Waals surface area contributed by atoms with Gasteiger partial charge in [-0.15, -0.1) is 0 Å². The highest BCUT2D eigenvalue weighted by molar-refractivity contribution is 5.70. The molecule has 0 spiro atoms. The van der Waals surface area contributed by atoms with E-state index in [1.165, 1.54) is 5.56 Å². The Balaban J connectivity index is 1.87. The zero-order chi connectivity index (χ0) is 15.1. The number of carbonyl (C=O) groups is 1. The molecule has 21 heavy (non-hydrogen) atoms. The number of benzene rings is 2. The van der Waals surface area contributed by atoms with Gasteiger partial charge in [-0.25, -0.2) is 0 Å². The molecular formula is C18H20O3. The Hall–Kier alpha value is -2.13. The van der Waals surface area contributed by atoms with Crippen molar-refractivity contribution in [3.8, 4) is 0 Å². The molecule has 0 amide bonds. The molecule has 0 aliphatic carbocycles. The summed E-state index contributed by atoms with van der Waals surface area (Å²) in [5.41, 5.74) is 3.25. The number of aryl methyl sites for hydroxylation is 1. The van der Waals surface area contributed by atoms with E-state index in [0.29, 0.717) is 13.0 Å². The van der Waals surface area contributed by atoms with Gasteiger partial charge in [0.15, 0.2) is 0 Å². The van der Waals surface area contributed by atoms with Crippen molar-refractivity contribution in [2.75, 3.05) is 6.61 Å². The molecule has 0 heterocycles. The highest BCUT2D eigenvalue weighted by Crippen LogP contribution is 2.12. The number of hydrogen-bond acceptors (Lipinski definition) is 2. The highest BCUT2D eigenvalue weighted by Gasteiger charge is 2.18. The van der Waals surface area contributed by atoms with Gasteiger partial charge in [-0.3, -0.25) is 4.79 Å². The van der Waals surface area contributed by atoms with Crippen molar-refractivity contribution in [1.82, 2.24) is 0 Å². The Morgan fingerprint density at radius 3 is 2.33 bits per heavy atom. The minimum absolute atomic E-state index is 0.220. The van der Waals surface area contributed by atoms with E-state index >= 15 is 0 Å². The average molecular weight is 284 g/mol. The van der Waals surface area contributed by atoms with Crippen LogP contribution in [-0.2, 0) is 22.6 Å². The van der Waals surface area contributed by atoms with Crippen LogP contribution in [0.3, 0.4) is 0 Å². The molecule has 1 atom stereocenters. The molecule has 0 bridgehead atoms. The Labute approximate surface area is 125 Å². The zero-order valence-corrected chi connectivity index (χ0v) is 12.2. The molecule has 0 aliphatic rings. The van der Waals surface area contributed by atoms with Gasteiger partial charge in [0.05, 0.1) is 19.1 Å². The van der Waals surface area contributed by atoms with Gasteiger partial charge in [0, 0.05) is 0 Å². The largest absolute Gasteiger partial charge is 0.481 e. The Morgan fingerprint density at radius 1 is 1.05 bits per heavy atom. The third kappa shape index (κ3) is 5.04. The molecule has 1 N–H and O–H groups in total. The van der Waals surface area contributed by atoms with Crippen molar-refractivity contribution in [1.29, 1.82) is 0 Å². The summed E-state index contributed by atoms with van der Waals surface area (Å²) in [6, 6.07) is 17.7. The topological polar surface area (TPSA) is 46.5 Å². The fourth-order valence-electron chi connectivity index (χ4n) is 2.12. The molecule has 1 unspecified atom stereocenters. The lowest BCUT2D eigenvalue weighted by atomic mass is 9.99. The van der Waals surface area contributed by atoms with Crippen molar-refractivity contribution >= 4 is 5.97 Å². The van der Waals surface area contributed by atoms with Crippen molar-refractivity contribution in [2.45, 2.75) is 20.0 Å². The van der Waals surface area contributed by atoms with E-state index in [0.717, 1.165) is 11.1 Å². The van der Waals surface area contributed by atoms with E-state index in [-0.39, 0.29) is 6.61 Å². The van der Waals surface area contributed by atoms with Gasteiger partial charge in [-0.1, -0.05) is 60.2 Å². The van der Waals surface area contributed by atoms with Crippen LogP contribution >= 0.6 is 0 Å². The summed E-state index contributed by atoms with van der Waals surface area (Å²) in [6.45, 7) is 2.68. The summed E-state index contributed by atoms with van der Waals surface area (Å²) in [5.74, 6) is -1.33. The van der Waals surface area contributed by atoms with E-state index in [1.807, 2.05) is 61.5 Å².